The highest BCUT2D eigenvalue weighted by Crippen LogP contribution is 1.83. The van der Waals surface area contributed by atoms with Crippen molar-refractivity contribution in [2.45, 2.75) is 13.1 Å². The van der Waals surface area contributed by atoms with Crippen LogP contribution in [-0.2, 0) is 4.79 Å². The van der Waals surface area contributed by atoms with Crippen LogP contribution in [0.25, 0.3) is 0 Å². The van der Waals surface area contributed by atoms with Gasteiger partial charge in [-0.1, -0.05) is 0 Å². The van der Waals surface area contributed by atoms with Gasteiger partial charge in [0.15, 0.2) is 6.17 Å². The molecule has 0 aliphatic rings. The van der Waals surface area contributed by atoms with Gasteiger partial charge in [-0.15, -0.1) is 12.4 Å². The van der Waals surface area contributed by atoms with Crippen LogP contribution in [0.1, 0.15) is 6.92 Å². The van der Waals surface area contributed by atoms with Crippen LogP contribution < -0.4 is 0 Å². The molecule has 0 saturated heterocycles. The van der Waals surface area contributed by atoms with Crippen molar-refractivity contribution in [3.63, 3.8) is 0 Å². The second kappa shape index (κ2) is 3.87. The SMILES string of the molecule is CC(F)C(=O)O.Cl. The molecule has 0 spiro atoms. The summed E-state index contributed by atoms with van der Waals surface area (Å²) in [5.41, 5.74) is 0. The van der Waals surface area contributed by atoms with E-state index in [1.165, 1.54) is 0 Å². The molecular formula is C3H6ClFO2. The molecule has 0 aromatic rings. The third-order valence-electron chi connectivity index (χ3n) is 0.340. The van der Waals surface area contributed by atoms with E-state index in [2.05, 4.69) is 0 Å². The standard InChI is InChI=1S/C3H5FO2.ClH/c1-2(4)3(5)6;/h2H,1H3,(H,5,6);1H. The molecule has 1 unspecified atom stereocenters. The maximum absolute atomic E-state index is 11.2. The fourth-order valence-electron chi connectivity index (χ4n) is 0. The summed E-state index contributed by atoms with van der Waals surface area (Å²) in [6.45, 7) is 0.975. The van der Waals surface area contributed by atoms with E-state index in [0.29, 0.717) is 0 Å². The average Bonchev–Trinajstić information content (AvgIpc) is 1.36. The molecule has 0 amide bonds. The average molecular weight is 129 g/mol. The van der Waals surface area contributed by atoms with Crippen LogP contribution >= 0.6 is 12.4 Å². The summed E-state index contributed by atoms with van der Waals surface area (Å²) in [6, 6.07) is 0. The molecule has 0 saturated carbocycles. The number of carboxylic acids is 1. The smallest absolute Gasteiger partial charge is 0.337 e. The number of hydrogen-bond donors (Lipinski definition) is 1. The predicted molar refractivity (Wildman–Crippen MR) is 25.5 cm³/mol. The van der Waals surface area contributed by atoms with Crippen LogP contribution in [0.4, 0.5) is 4.39 Å². The van der Waals surface area contributed by atoms with Crippen LogP contribution in [0.3, 0.4) is 0 Å². The van der Waals surface area contributed by atoms with Crippen LogP contribution in [0.2, 0.25) is 0 Å². The normalized spacial score (nSPS) is 11.7. The fourth-order valence-corrected chi connectivity index (χ4v) is 0. The Hall–Kier alpha value is -0.310. The van der Waals surface area contributed by atoms with E-state index in [0.717, 1.165) is 6.92 Å². The second-order valence-corrected chi connectivity index (χ2v) is 0.954. The zero-order valence-electron chi connectivity index (χ0n) is 3.72. The maximum Gasteiger partial charge on any atom is 0.337 e. The molecule has 0 aromatic heterocycles. The first-order chi connectivity index (χ1) is 2.64. The van der Waals surface area contributed by atoms with E-state index in [4.69, 9.17) is 5.11 Å². The van der Waals surface area contributed by atoms with Gasteiger partial charge < -0.3 is 5.11 Å². The molecule has 0 aliphatic carbocycles. The van der Waals surface area contributed by atoms with Crippen LogP contribution in [0.5, 0.6) is 0 Å². The van der Waals surface area contributed by atoms with Gasteiger partial charge in [-0.25, -0.2) is 9.18 Å². The van der Waals surface area contributed by atoms with Gasteiger partial charge in [0.1, 0.15) is 0 Å². The minimum absolute atomic E-state index is 0. The minimum Gasteiger partial charge on any atom is -0.479 e. The number of hydrogen-bond acceptors (Lipinski definition) is 1. The fraction of sp³-hybridized carbons (Fsp3) is 0.667. The van der Waals surface area contributed by atoms with Gasteiger partial charge in [-0.2, -0.15) is 0 Å². The summed E-state index contributed by atoms with van der Waals surface area (Å²) in [6.07, 6.45) is -1.73. The Balaban J connectivity index is 0. The Morgan fingerprint density at radius 3 is 2.00 bits per heavy atom. The second-order valence-electron chi connectivity index (χ2n) is 0.954. The van der Waals surface area contributed by atoms with Gasteiger partial charge in [0, 0.05) is 0 Å². The van der Waals surface area contributed by atoms with Crippen molar-refractivity contribution < 1.29 is 14.3 Å². The van der Waals surface area contributed by atoms with Gasteiger partial charge in [-0.05, 0) is 6.92 Å². The Morgan fingerprint density at radius 1 is 1.86 bits per heavy atom. The minimum atomic E-state index is -1.73. The molecule has 1 atom stereocenters. The van der Waals surface area contributed by atoms with E-state index in [1.54, 1.807) is 0 Å². The summed E-state index contributed by atoms with van der Waals surface area (Å²) in [4.78, 5) is 9.32. The lowest BCUT2D eigenvalue weighted by Crippen LogP contribution is -2.08. The van der Waals surface area contributed by atoms with Crippen molar-refractivity contribution in [3.8, 4) is 0 Å². The lowest BCUT2D eigenvalue weighted by Gasteiger charge is -1.85. The van der Waals surface area contributed by atoms with Crippen molar-refractivity contribution in [1.82, 2.24) is 0 Å². The zero-order chi connectivity index (χ0) is 5.15. The van der Waals surface area contributed by atoms with Gasteiger partial charge in [0.05, 0.1) is 0 Å². The number of carboxylic acid groups (broad SMARTS) is 1. The molecule has 44 valence electrons. The Morgan fingerprint density at radius 2 is 2.00 bits per heavy atom. The first kappa shape index (κ1) is 9.85. The highest BCUT2D eigenvalue weighted by Gasteiger charge is 2.04. The quantitative estimate of drug-likeness (QED) is 0.569. The van der Waals surface area contributed by atoms with E-state index < -0.39 is 12.1 Å². The number of aliphatic carboxylic acids is 1. The molecule has 0 radical (unpaired) electrons. The van der Waals surface area contributed by atoms with Gasteiger partial charge in [0.25, 0.3) is 0 Å². The molecule has 1 N–H and O–H groups in total. The van der Waals surface area contributed by atoms with Gasteiger partial charge in [-0.3, -0.25) is 0 Å². The van der Waals surface area contributed by atoms with Crippen LogP contribution in [0.15, 0.2) is 0 Å². The molecule has 7 heavy (non-hydrogen) atoms. The number of rotatable bonds is 1. The summed E-state index contributed by atoms with van der Waals surface area (Å²) in [5, 5.41) is 7.62. The molecule has 0 rings (SSSR count). The summed E-state index contributed by atoms with van der Waals surface area (Å²) in [5.74, 6) is -1.41. The number of carbonyl (C=O) groups is 1. The summed E-state index contributed by atoms with van der Waals surface area (Å²) in [7, 11) is 0. The summed E-state index contributed by atoms with van der Waals surface area (Å²) >= 11 is 0. The molecular weight excluding hydrogens is 122 g/mol. The van der Waals surface area contributed by atoms with Crippen LogP contribution in [-0.4, -0.2) is 17.2 Å². The molecule has 0 bridgehead atoms. The van der Waals surface area contributed by atoms with Crippen molar-refractivity contribution >= 4 is 18.4 Å². The first-order valence-corrected chi connectivity index (χ1v) is 1.51. The van der Waals surface area contributed by atoms with Gasteiger partial charge >= 0.3 is 5.97 Å². The molecule has 4 heteroatoms. The third-order valence-corrected chi connectivity index (χ3v) is 0.340. The van der Waals surface area contributed by atoms with Crippen molar-refractivity contribution in [1.29, 1.82) is 0 Å². The molecule has 0 heterocycles. The summed E-state index contributed by atoms with van der Waals surface area (Å²) < 4.78 is 11.2. The molecule has 0 aliphatic heterocycles. The van der Waals surface area contributed by atoms with E-state index in [-0.39, 0.29) is 12.4 Å². The maximum atomic E-state index is 11.2. The third kappa shape index (κ3) is 5.69. The van der Waals surface area contributed by atoms with Gasteiger partial charge in [0.2, 0.25) is 0 Å². The molecule has 0 fully saturated rings. The number of halogens is 2. The van der Waals surface area contributed by atoms with Crippen molar-refractivity contribution in [3.05, 3.63) is 0 Å². The Bertz CT molecular complexity index is 64.0. The van der Waals surface area contributed by atoms with E-state index >= 15 is 0 Å². The Kier molecular flexibility index (Phi) is 5.44. The van der Waals surface area contributed by atoms with Crippen LogP contribution in [0, 0.1) is 0 Å². The number of alkyl halides is 1. The Labute approximate surface area is 46.7 Å². The highest BCUT2D eigenvalue weighted by atomic mass is 35.5. The monoisotopic (exact) mass is 128 g/mol. The zero-order valence-corrected chi connectivity index (χ0v) is 4.54. The largest absolute Gasteiger partial charge is 0.479 e. The van der Waals surface area contributed by atoms with Crippen molar-refractivity contribution in [2.24, 2.45) is 0 Å². The van der Waals surface area contributed by atoms with Crippen molar-refractivity contribution in [2.75, 3.05) is 0 Å². The first-order valence-electron chi connectivity index (χ1n) is 1.51. The topological polar surface area (TPSA) is 37.3 Å². The lowest BCUT2D eigenvalue weighted by molar-refractivity contribution is -0.142. The van der Waals surface area contributed by atoms with E-state index in [9.17, 15) is 9.18 Å². The lowest BCUT2D eigenvalue weighted by atomic mass is 10.5. The predicted octanol–water partition coefficient (Wildman–Crippen LogP) is 0.851. The van der Waals surface area contributed by atoms with E-state index in [1.807, 2.05) is 0 Å². The molecule has 0 aromatic carbocycles. The molecule has 2 nitrogen and oxygen atoms in total. The highest BCUT2D eigenvalue weighted by molar-refractivity contribution is 5.85.